The Morgan fingerprint density at radius 1 is 1.38 bits per heavy atom. The van der Waals surface area contributed by atoms with E-state index >= 15 is 0 Å². The predicted octanol–water partition coefficient (Wildman–Crippen LogP) is 4.60. The van der Waals surface area contributed by atoms with Gasteiger partial charge in [0.1, 0.15) is 0 Å². The highest BCUT2D eigenvalue weighted by Crippen LogP contribution is 2.27. The molecule has 1 aromatic heterocycles. The molecular formula is C16H21BrClN3. The van der Waals surface area contributed by atoms with E-state index < -0.39 is 0 Å². The van der Waals surface area contributed by atoms with Crippen molar-refractivity contribution >= 4 is 27.5 Å². The summed E-state index contributed by atoms with van der Waals surface area (Å²) in [5.74, 6) is 0. The van der Waals surface area contributed by atoms with Crippen molar-refractivity contribution < 1.29 is 0 Å². The molecule has 1 heterocycles. The van der Waals surface area contributed by atoms with Crippen molar-refractivity contribution in [2.75, 3.05) is 6.54 Å². The second-order valence-electron chi connectivity index (χ2n) is 5.09. The lowest BCUT2D eigenvalue weighted by molar-refractivity contribution is 0.528. The summed E-state index contributed by atoms with van der Waals surface area (Å²) in [6.07, 6.45) is 6.11. The quantitative estimate of drug-likeness (QED) is 0.772. The molecule has 0 radical (unpaired) electrons. The van der Waals surface area contributed by atoms with Gasteiger partial charge in [0.05, 0.1) is 11.2 Å². The number of hydrogen-bond donors (Lipinski definition) is 1. The zero-order valence-electron chi connectivity index (χ0n) is 12.4. The molecule has 5 heteroatoms. The third-order valence-electron chi connectivity index (χ3n) is 3.44. The van der Waals surface area contributed by atoms with Crippen molar-refractivity contribution in [1.82, 2.24) is 15.1 Å². The topological polar surface area (TPSA) is 29.9 Å². The summed E-state index contributed by atoms with van der Waals surface area (Å²) in [6.45, 7) is 6.17. The first-order valence-electron chi connectivity index (χ1n) is 7.33. The number of halogens is 2. The van der Waals surface area contributed by atoms with Gasteiger partial charge >= 0.3 is 0 Å². The SMILES string of the molecule is CCCNC(Cc1cnn(CC)c1)c1ccc(Cl)c(Br)c1. The van der Waals surface area contributed by atoms with Crippen LogP contribution in [0, 0.1) is 0 Å². The minimum absolute atomic E-state index is 0.271. The van der Waals surface area contributed by atoms with Crippen LogP contribution in [0.4, 0.5) is 0 Å². The summed E-state index contributed by atoms with van der Waals surface area (Å²) in [5, 5.41) is 8.70. The number of nitrogens with one attached hydrogen (secondary N) is 1. The van der Waals surface area contributed by atoms with Crippen molar-refractivity contribution in [1.29, 1.82) is 0 Å². The Hall–Kier alpha value is -0.840. The molecule has 0 amide bonds. The molecule has 2 aromatic rings. The Kier molecular flexibility index (Phi) is 6.27. The van der Waals surface area contributed by atoms with E-state index in [2.05, 4.69) is 58.5 Å². The Bertz CT molecular complexity index is 583. The molecule has 0 bridgehead atoms. The highest BCUT2D eigenvalue weighted by molar-refractivity contribution is 9.10. The molecule has 0 saturated heterocycles. The molecule has 1 unspecified atom stereocenters. The van der Waals surface area contributed by atoms with Gasteiger partial charge < -0.3 is 5.32 Å². The van der Waals surface area contributed by atoms with E-state index in [0.29, 0.717) is 0 Å². The van der Waals surface area contributed by atoms with Gasteiger partial charge in [0.25, 0.3) is 0 Å². The van der Waals surface area contributed by atoms with Crippen LogP contribution >= 0.6 is 27.5 Å². The molecule has 0 spiro atoms. The molecule has 21 heavy (non-hydrogen) atoms. The molecule has 1 aromatic carbocycles. The Morgan fingerprint density at radius 3 is 2.81 bits per heavy atom. The standard InChI is InChI=1S/C16H21BrClN3/c1-3-7-19-16(8-12-10-20-21(4-2)11-12)13-5-6-15(18)14(17)9-13/h5-6,9-11,16,19H,3-4,7-8H2,1-2H3. The second kappa shape index (κ2) is 7.97. The van der Waals surface area contributed by atoms with Gasteiger partial charge in [-0.15, -0.1) is 0 Å². The van der Waals surface area contributed by atoms with Gasteiger partial charge in [0.15, 0.2) is 0 Å². The van der Waals surface area contributed by atoms with E-state index in [-0.39, 0.29) is 6.04 Å². The summed E-state index contributed by atoms with van der Waals surface area (Å²) in [6, 6.07) is 6.40. The van der Waals surface area contributed by atoms with Crippen LogP contribution < -0.4 is 5.32 Å². The minimum Gasteiger partial charge on any atom is -0.310 e. The van der Waals surface area contributed by atoms with Crippen molar-refractivity contribution in [2.24, 2.45) is 0 Å². The Morgan fingerprint density at radius 2 is 2.19 bits per heavy atom. The molecule has 3 nitrogen and oxygen atoms in total. The van der Waals surface area contributed by atoms with Crippen molar-refractivity contribution in [2.45, 2.75) is 39.3 Å². The van der Waals surface area contributed by atoms with Crippen LogP contribution in [0.3, 0.4) is 0 Å². The molecule has 1 N–H and O–H groups in total. The lowest BCUT2D eigenvalue weighted by Crippen LogP contribution is -2.24. The van der Waals surface area contributed by atoms with Gasteiger partial charge in [-0.3, -0.25) is 4.68 Å². The average Bonchev–Trinajstić information content (AvgIpc) is 2.94. The normalized spacial score (nSPS) is 12.6. The molecule has 0 aliphatic heterocycles. The van der Waals surface area contributed by atoms with Crippen LogP contribution in [-0.2, 0) is 13.0 Å². The number of aromatic nitrogens is 2. The average molecular weight is 371 g/mol. The van der Waals surface area contributed by atoms with E-state index in [1.54, 1.807) is 0 Å². The number of benzene rings is 1. The largest absolute Gasteiger partial charge is 0.310 e. The van der Waals surface area contributed by atoms with E-state index in [9.17, 15) is 0 Å². The zero-order chi connectivity index (χ0) is 15.2. The van der Waals surface area contributed by atoms with Crippen molar-refractivity contribution in [3.8, 4) is 0 Å². The molecule has 0 saturated carbocycles. The predicted molar refractivity (Wildman–Crippen MR) is 91.8 cm³/mol. The molecule has 1 atom stereocenters. The fraction of sp³-hybridized carbons (Fsp3) is 0.438. The third kappa shape index (κ3) is 4.56. The zero-order valence-corrected chi connectivity index (χ0v) is 14.8. The van der Waals surface area contributed by atoms with Gasteiger partial charge in [0, 0.05) is 23.3 Å². The maximum absolute atomic E-state index is 6.09. The first-order valence-corrected chi connectivity index (χ1v) is 8.50. The van der Waals surface area contributed by atoms with Crippen LogP contribution in [0.1, 0.15) is 37.4 Å². The van der Waals surface area contributed by atoms with Gasteiger partial charge in [0.2, 0.25) is 0 Å². The minimum atomic E-state index is 0.271. The Balaban J connectivity index is 2.18. The van der Waals surface area contributed by atoms with Crippen LogP contribution in [0.25, 0.3) is 0 Å². The summed E-state index contributed by atoms with van der Waals surface area (Å²) >= 11 is 9.60. The van der Waals surface area contributed by atoms with Crippen LogP contribution in [0.5, 0.6) is 0 Å². The highest BCUT2D eigenvalue weighted by atomic mass is 79.9. The van der Waals surface area contributed by atoms with E-state index in [1.165, 1.54) is 11.1 Å². The summed E-state index contributed by atoms with van der Waals surface area (Å²) in [4.78, 5) is 0. The number of nitrogens with zero attached hydrogens (tertiary/aromatic N) is 2. The van der Waals surface area contributed by atoms with Gasteiger partial charge in [-0.1, -0.05) is 24.6 Å². The lowest BCUT2D eigenvalue weighted by atomic mass is 10.0. The molecule has 2 rings (SSSR count). The second-order valence-corrected chi connectivity index (χ2v) is 6.35. The van der Waals surface area contributed by atoms with E-state index in [0.717, 1.165) is 35.4 Å². The molecule has 0 fully saturated rings. The molecule has 0 aliphatic rings. The maximum Gasteiger partial charge on any atom is 0.0548 e. The van der Waals surface area contributed by atoms with E-state index in [4.69, 9.17) is 11.6 Å². The first kappa shape index (κ1) is 16.5. The molecule has 0 aliphatic carbocycles. The third-order valence-corrected chi connectivity index (χ3v) is 4.65. The molecule has 114 valence electrons. The van der Waals surface area contributed by atoms with Crippen molar-refractivity contribution in [3.05, 3.63) is 51.2 Å². The smallest absolute Gasteiger partial charge is 0.0548 e. The van der Waals surface area contributed by atoms with E-state index in [1.807, 2.05) is 16.9 Å². The maximum atomic E-state index is 6.09. The van der Waals surface area contributed by atoms with Gasteiger partial charge in [-0.2, -0.15) is 5.10 Å². The summed E-state index contributed by atoms with van der Waals surface area (Å²) < 4.78 is 2.90. The fourth-order valence-electron chi connectivity index (χ4n) is 2.28. The fourth-order valence-corrected chi connectivity index (χ4v) is 2.79. The van der Waals surface area contributed by atoms with Gasteiger partial charge in [-0.25, -0.2) is 0 Å². The summed E-state index contributed by atoms with van der Waals surface area (Å²) in [5.41, 5.74) is 2.49. The van der Waals surface area contributed by atoms with Crippen LogP contribution in [0.2, 0.25) is 5.02 Å². The van der Waals surface area contributed by atoms with Crippen molar-refractivity contribution in [3.63, 3.8) is 0 Å². The van der Waals surface area contributed by atoms with Crippen LogP contribution in [0.15, 0.2) is 35.1 Å². The highest BCUT2D eigenvalue weighted by Gasteiger charge is 2.14. The summed E-state index contributed by atoms with van der Waals surface area (Å²) in [7, 11) is 0. The van der Waals surface area contributed by atoms with Gasteiger partial charge in [-0.05, 0) is 65.5 Å². The number of rotatable bonds is 7. The monoisotopic (exact) mass is 369 g/mol. The first-order chi connectivity index (χ1) is 10.1. The molecular weight excluding hydrogens is 350 g/mol. The number of aryl methyl sites for hydroxylation is 1. The lowest BCUT2D eigenvalue weighted by Gasteiger charge is -2.19. The van der Waals surface area contributed by atoms with Crippen LogP contribution in [-0.4, -0.2) is 16.3 Å². The number of hydrogen-bond acceptors (Lipinski definition) is 2. The Labute approximate surface area is 139 Å².